The summed E-state index contributed by atoms with van der Waals surface area (Å²) in [5.41, 5.74) is -0.618. The highest BCUT2D eigenvalue weighted by Crippen LogP contribution is 2.32. The number of ether oxygens (including phenoxy) is 2. The fraction of sp³-hybridized carbons (Fsp3) is 0.231. The van der Waals surface area contributed by atoms with E-state index >= 15 is 0 Å². The van der Waals surface area contributed by atoms with Crippen molar-refractivity contribution >= 4 is 22.8 Å². The zero-order valence-corrected chi connectivity index (χ0v) is 18.9. The van der Waals surface area contributed by atoms with E-state index < -0.39 is 24.0 Å². The van der Waals surface area contributed by atoms with Crippen LogP contribution >= 0.6 is 0 Å². The third-order valence-electron chi connectivity index (χ3n) is 5.01. The van der Waals surface area contributed by atoms with Gasteiger partial charge in [0.1, 0.15) is 5.75 Å². The summed E-state index contributed by atoms with van der Waals surface area (Å²) < 4.78 is 10.4. The molecule has 5 heteroatoms. The summed E-state index contributed by atoms with van der Waals surface area (Å²) in [5, 5.41) is 0. The van der Waals surface area contributed by atoms with Crippen molar-refractivity contribution in [2.75, 3.05) is 6.61 Å². The molecule has 0 aromatic heterocycles. The monoisotopic (exact) mass is 435 g/mol. The summed E-state index contributed by atoms with van der Waals surface area (Å²) in [5.74, 6) is -0.584. The highest BCUT2D eigenvalue weighted by molar-refractivity contribution is 7.97. The van der Waals surface area contributed by atoms with Crippen LogP contribution in [0.25, 0.3) is 0 Å². The van der Waals surface area contributed by atoms with Gasteiger partial charge in [0.05, 0.1) is 16.3 Å². The largest absolute Gasteiger partial charge is 0.453 e. The molecule has 0 N–H and O–H groups in total. The Morgan fingerprint density at radius 3 is 1.74 bits per heavy atom. The Kier molecular flexibility index (Phi) is 7.53. The van der Waals surface area contributed by atoms with Crippen molar-refractivity contribution in [2.45, 2.75) is 41.9 Å². The molecule has 0 aliphatic rings. The minimum absolute atomic E-state index is 0.266. The number of carbonyl (C=O) groups excluding carboxylic acids is 2. The first kappa shape index (κ1) is 22.6. The molecule has 3 aromatic carbocycles. The van der Waals surface area contributed by atoms with Gasteiger partial charge in [-0.05, 0) is 68.8 Å². The van der Waals surface area contributed by atoms with Gasteiger partial charge in [-0.2, -0.15) is 0 Å². The van der Waals surface area contributed by atoms with Crippen LogP contribution < -0.4 is 4.74 Å². The van der Waals surface area contributed by atoms with E-state index in [1.165, 1.54) is 9.79 Å². The summed E-state index contributed by atoms with van der Waals surface area (Å²) in [4.78, 5) is 27.7. The molecule has 3 rings (SSSR count). The Hall–Kier alpha value is -3.05. The van der Waals surface area contributed by atoms with Crippen molar-refractivity contribution in [1.82, 2.24) is 0 Å². The summed E-state index contributed by atoms with van der Waals surface area (Å²) in [6.07, 6.45) is 0.632. The van der Waals surface area contributed by atoms with Crippen molar-refractivity contribution in [3.8, 4) is 5.75 Å². The third kappa shape index (κ3) is 5.98. The molecule has 0 fully saturated rings. The van der Waals surface area contributed by atoms with Crippen molar-refractivity contribution in [3.05, 3.63) is 84.9 Å². The Morgan fingerprint density at radius 1 is 0.774 bits per heavy atom. The molecule has 0 saturated heterocycles. The zero-order chi connectivity index (χ0) is 22.3. The number of esters is 2. The van der Waals surface area contributed by atoms with Gasteiger partial charge in [0, 0.05) is 0 Å². The number of benzene rings is 3. The molecule has 0 atom stereocenters. The molecule has 0 radical (unpaired) electrons. The molecule has 0 aliphatic heterocycles. The predicted molar refractivity (Wildman–Crippen MR) is 122 cm³/mol. The van der Waals surface area contributed by atoms with Gasteiger partial charge in [-0.15, -0.1) is 0 Å². The van der Waals surface area contributed by atoms with Crippen molar-refractivity contribution in [2.24, 2.45) is 5.41 Å². The second-order valence-corrected chi connectivity index (χ2v) is 9.72. The van der Waals surface area contributed by atoms with Crippen LogP contribution in [-0.2, 0) is 25.2 Å². The average molecular weight is 436 g/mol. The SMILES string of the molecule is CCC(C)(C)C(=O)OCC(=O)Oc1ccc([S+](c2ccccc2)c2ccccc2)cc1. The predicted octanol–water partition coefficient (Wildman–Crippen LogP) is 5.67. The molecule has 3 aromatic rings. The lowest BCUT2D eigenvalue weighted by Gasteiger charge is -2.19. The van der Waals surface area contributed by atoms with Gasteiger partial charge in [-0.25, -0.2) is 4.79 Å². The second kappa shape index (κ2) is 10.3. The number of hydrogen-bond donors (Lipinski definition) is 0. The van der Waals surface area contributed by atoms with Crippen LogP contribution in [0.2, 0.25) is 0 Å². The molecule has 0 unspecified atom stereocenters. The first-order valence-corrected chi connectivity index (χ1v) is 11.5. The molecule has 0 spiro atoms. The number of hydrogen-bond acceptors (Lipinski definition) is 4. The third-order valence-corrected chi connectivity index (χ3v) is 7.24. The molecular weight excluding hydrogens is 408 g/mol. The Labute approximate surface area is 186 Å². The van der Waals surface area contributed by atoms with E-state index in [0.717, 1.165) is 4.90 Å². The van der Waals surface area contributed by atoms with E-state index in [1.54, 1.807) is 26.0 Å². The quantitative estimate of drug-likeness (QED) is 0.260. The van der Waals surface area contributed by atoms with Crippen molar-refractivity contribution < 1.29 is 19.1 Å². The second-order valence-electron chi connectivity index (χ2n) is 7.69. The summed E-state index contributed by atoms with van der Waals surface area (Å²) in [6.45, 7) is 5.08. The lowest BCUT2D eigenvalue weighted by atomic mass is 9.91. The Balaban J connectivity index is 1.71. The van der Waals surface area contributed by atoms with E-state index in [9.17, 15) is 9.59 Å². The molecule has 160 valence electrons. The van der Waals surface area contributed by atoms with Crippen LogP contribution in [0.15, 0.2) is 99.6 Å². The minimum atomic E-state index is -0.618. The maximum atomic E-state index is 12.1. The maximum Gasteiger partial charge on any atom is 0.349 e. The van der Waals surface area contributed by atoms with Gasteiger partial charge in [0.25, 0.3) is 0 Å². The normalized spacial score (nSPS) is 11.2. The molecular formula is C26H27O4S+. The van der Waals surface area contributed by atoms with Gasteiger partial charge in [0.15, 0.2) is 21.3 Å². The highest BCUT2D eigenvalue weighted by atomic mass is 32.2. The van der Waals surface area contributed by atoms with E-state index in [0.29, 0.717) is 12.2 Å². The molecule has 31 heavy (non-hydrogen) atoms. The molecule has 0 bridgehead atoms. The molecule has 0 aliphatic carbocycles. The summed E-state index contributed by atoms with van der Waals surface area (Å²) >= 11 is 0. The molecule has 0 amide bonds. The van der Waals surface area contributed by atoms with Crippen molar-refractivity contribution in [3.63, 3.8) is 0 Å². The smallest absolute Gasteiger partial charge is 0.349 e. The van der Waals surface area contributed by atoms with Crippen LogP contribution in [0.5, 0.6) is 5.75 Å². The fourth-order valence-corrected chi connectivity index (χ4v) is 4.87. The molecule has 0 heterocycles. The van der Waals surface area contributed by atoms with E-state index in [2.05, 4.69) is 24.3 Å². The summed E-state index contributed by atoms with van der Waals surface area (Å²) in [6, 6.07) is 28.1. The highest BCUT2D eigenvalue weighted by Gasteiger charge is 2.29. The van der Waals surface area contributed by atoms with Crippen LogP contribution in [-0.4, -0.2) is 18.5 Å². The van der Waals surface area contributed by atoms with E-state index in [1.807, 2.05) is 55.5 Å². The van der Waals surface area contributed by atoms with Crippen LogP contribution in [0.1, 0.15) is 27.2 Å². The van der Waals surface area contributed by atoms with Crippen LogP contribution in [0.3, 0.4) is 0 Å². The lowest BCUT2D eigenvalue weighted by molar-refractivity contribution is -0.161. The molecule has 0 saturated carbocycles. The maximum absolute atomic E-state index is 12.1. The van der Waals surface area contributed by atoms with Gasteiger partial charge in [-0.3, -0.25) is 4.79 Å². The van der Waals surface area contributed by atoms with E-state index in [-0.39, 0.29) is 10.9 Å². The average Bonchev–Trinajstić information content (AvgIpc) is 2.80. The van der Waals surface area contributed by atoms with Gasteiger partial charge in [-0.1, -0.05) is 43.3 Å². The van der Waals surface area contributed by atoms with Crippen molar-refractivity contribution in [1.29, 1.82) is 0 Å². The summed E-state index contributed by atoms with van der Waals surface area (Å²) in [7, 11) is -0.266. The standard InChI is InChI=1S/C26H27O4S/c1-4-26(2,3)25(28)29-19-24(27)30-20-15-17-23(18-16-20)31(21-11-7-5-8-12-21)22-13-9-6-10-14-22/h5-18H,4,19H2,1-3H3/q+1. The topological polar surface area (TPSA) is 52.6 Å². The number of carbonyl (C=O) groups is 2. The molecule has 4 nitrogen and oxygen atoms in total. The Bertz CT molecular complexity index is 959. The first-order chi connectivity index (χ1) is 14.9. The van der Waals surface area contributed by atoms with Gasteiger partial charge >= 0.3 is 11.9 Å². The minimum Gasteiger partial charge on any atom is -0.453 e. The Morgan fingerprint density at radius 2 is 1.26 bits per heavy atom. The van der Waals surface area contributed by atoms with Gasteiger partial charge < -0.3 is 9.47 Å². The van der Waals surface area contributed by atoms with Gasteiger partial charge in [0.2, 0.25) is 0 Å². The van der Waals surface area contributed by atoms with Crippen LogP contribution in [0, 0.1) is 5.41 Å². The first-order valence-electron chi connectivity index (χ1n) is 10.2. The van der Waals surface area contributed by atoms with Crippen LogP contribution in [0.4, 0.5) is 0 Å². The lowest BCUT2D eigenvalue weighted by Crippen LogP contribution is -2.29. The number of rotatable bonds is 8. The van der Waals surface area contributed by atoms with E-state index in [4.69, 9.17) is 9.47 Å². The zero-order valence-electron chi connectivity index (χ0n) is 18.0. The fourth-order valence-electron chi connectivity index (χ4n) is 2.79.